The van der Waals surface area contributed by atoms with Gasteiger partial charge in [-0.15, -0.1) is 0 Å². The molecule has 0 radical (unpaired) electrons. The molecule has 2 atom stereocenters. The maximum atomic E-state index is 12.6. The summed E-state index contributed by atoms with van der Waals surface area (Å²) >= 11 is 0. The summed E-state index contributed by atoms with van der Waals surface area (Å²) in [4.78, 5) is 33.1. The van der Waals surface area contributed by atoms with Crippen molar-refractivity contribution in [2.24, 2.45) is 0 Å². The first-order valence-corrected chi connectivity index (χ1v) is 9.27. The van der Waals surface area contributed by atoms with Gasteiger partial charge in [0.1, 0.15) is 5.56 Å². The molecular formula is C20H23N3O4. The summed E-state index contributed by atoms with van der Waals surface area (Å²) in [5.74, 6) is -0.294. The second-order valence-electron chi connectivity index (χ2n) is 6.89. The average molecular weight is 369 g/mol. The molecule has 7 heteroatoms. The molecule has 2 aromatic rings. The normalized spacial score (nSPS) is 22.7. The van der Waals surface area contributed by atoms with E-state index in [1.54, 1.807) is 18.0 Å². The van der Waals surface area contributed by atoms with E-state index in [0.29, 0.717) is 38.3 Å². The summed E-state index contributed by atoms with van der Waals surface area (Å²) < 4.78 is 11.2. The van der Waals surface area contributed by atoms with E-state index in [1.165, 1.54) is 0 Å². The molecule has 3 heterocycles. The van der Waals surface area contributed by atoms with Crippen LogP contribution in [-0.2, 0) is 14.3 Å². The van der Waals surface area contributed by atoms with Crippen molar-refractivity contribution in [2.45, 2.75) is 25.5 Å². The lowest BCUT2D eigenvalue weighted by Crippen LogP contribution is -2.42. The summed E-state index contributed by atoms with van der Waals surface area (Å²) in [6.45, 7) is 3.74. The maximum absolute atomic E-state index is 12.6. The first-order valence-electron chi connectivity index (χ1n) is 9.27. The van der Waals surface area contributed by atoms with Crippen LogP contribution < -0.4 is 4.90 Å². The molecule has 4 rings (SSSR count). The van der Waals surface area contributed by atoms with Crippen molar-refractivity contribution in [2.75, 3.05) is 38.3 Å². The number of amides is 1. The third-order valence-electron chi connectivity index (χ3n) is 5.33. The molecule has 0 aliphatic carbocycles. The zero-order valence-corrected chi connectivity index (χ0v) is 15.6. The number of hydrogen-bond acceptors (Lipinski definition) is 6. The second kappa shape index (κ2) is 7.15. The van der Waals surface area contributed by atoms with Crippen LogP contribution in [0.5, 0.6) is 0 Å². The van der Waals surface area contributed by atoms with Gasteiger partial charge in [0.2, 0.25) is 5.91 Å². The third-order valence-corrected chi connectivity index (χ3v) is 5.33. The van der Waals surface area contributed by atoms with Gasteiger partial charge in [0, 0.05) is 31.7 Å². The molecule has 0 saturated carbocycles. The van der Waals surface area contributed by atoms with E-state index in [2.05, 4.69) is 9.88 Å². The number of carbonyl (C=O) groups is 2. The van der Waals surface area contributed by atoms with Crippen LogP contribution in [0.15, 0.2) is 30.5 Å². The van der Waals surface area contributed by atoms with Crippen LogP contribution in [0.1, 0.15) is 23.7 Å². The van der Waals surface area contributed by atoms with Crippen molar-refractivity contribution >= 4 is 28.5 Å². The van der Waals surface area contributed by atoms with E-state index in [-0.39, 0.29) is 24.0 Å². The summed E-state index contributed by atoms with van der Waals surface area (Å²) in [7, 11) is 1.83. The predicted octanol–water partition coefficient (Wildman–Crippen LogP) is 1.85. The molecule has 2 aliphatic heterocycles. The quantitative estimate of drug-likeness (QED) is 0.769. The Labute approximate surface area is 157 Å². The van der Waals surface area contributed by atoms with Crippen LogP contribution in [-0.4, -0.2) is 67.3 Å². The Morgan fingerprint density at radius 2 is 2.15 bits per heavy atom. The van der Waals surface area contributed by atoms with Gasteiger partial charge in [-0.3, -0.25) is 9.78 Å². The molecule has 142 valence electrons. The Bertz CT molecular complexity index is 885. The summed E-state index contributed by atoms with van der Waals surface area (Å²) in [5, 5.41) is 0.897. The summed E-state index contributed by atoms with van der Waals surface area (Å²) in [6, 6.07) is 7.70. The first kappa shape index (κ1) is 17.7. The van der Waals surface area contributed by atoms with Gasteiger partial charge >= 0.3 is 5.97 Å². The molecular weight excluding hydrogens is 346 g/mol. The Balaban J connectivity index is 1.77. The third kappa shape index (κ3) is 3.12. The van der Waals surface area contributed by atoms with Gasteiger partial charge in [-0.1, -0.05) is 18.2 Å². The average Bonchev–Trinajstić information content (AvgIpc) is 3.04. The number of carbonyl (C=O) groups excluding carboxylic acids is 2. The molecule has 2 aliphatic rings. The summed E-state index contributed by atoms with van der Waals surface area (Å²) in [6.07, 6.45) is 1.92. The number of anilines is 1. The standard InChI is InChI=1S/C20H23N3O4/c1-3-26-20(25)14-10-21-15-7-5-4-6-13(15)19(14)23-11-16-17(12-23)27-9-8-18(24)22(16)2/h4-7,10,16-17H,3,8-9,11-12H2,1-2H3/t16-,17-/m0/s1. The van der Waals surface area contributed by atoms with Gasteiger partial charge in [-0.05, 0) is 13.0 Å². The fourth-order valence-electron chi connectivity index (χ4n) is 3.96. The Kier molecular flexibility index (Phi) is 4.70. The molecule has 0 unspecified atom stereocenters. The highest BCUT2D eigenvalue weighted by atomic mass is 16.5. The lowest BCUT2D eigenvalue weighted by molar-refractivity contribution is -0.130. The van der Waals surface area contributed by atoms with E-state index in [9.17, 15) is 9.59 Å². The van der Waals surface area contributed by atoms with Crippen molar-refractivity contribution in [3.63, 3.8) is 0 Å². The van der Waals surface area contributed by atoms with E-state index < -0.39 is 0 Å². The molecule has 1 aromatic carbocycles. The minimum atomic E-state index is -0.386. The fraction of sp³-hybridized carbons (Fsp3) is 0.450. The topological polar surface area (TPSA) is 72.0 Å². The number of benzene rings is 1. The smallest absolute Gasteiger partial charge is 0.341 e. The lowest BCUT2D eigenvalue weighted by Gasteiger charge is -2.26. The van der Waals surface area contributed by atoms with Crippen molar-refractivity contribution in [1.29, 1.82) is 0 Å². The summed E-state index contributed by atoms with van der Waals surface area (Å²) in [5.41, 5.74) is 2.07. The van der Waals surface area contributed by atoms with E-state index in [4.69, 9.17) is 9.47 Å². The van der Waals surface area contributed by atoms with E-state index in [0.717, 1.165) is 16.6 Å². The van der Waals surface area contributed by atoms with Gasteiger partial charge in [-0.25, -0.2) is 4.79 Å². The number of nitrogens with zero attached hydrogens (tertiary/aromatic N) is 3. The lowest BCUT2D eigenvalue weighted by atomic mass is 10.1. The zero-order valence-electron chi connectivity index (χ0n) is 15.6. The van der Waals surface area contributed by atoms with Crippen LogP contribution >= 0.6 is 0 Å². The van der Waals surface area contributed by atoms with Crippen LogP contribution in [0.3, 0.4) is 0 Å². The second-order valence-corrected chi connectivity index (χ2v) is 6.89. The number of esters is 1. The first-order chi connectivity index (χ1) is 13.1. The number of aromatic nitrogens is 1. The zero-order chi connectivity index (χ0) is 19.0. The number of fused-ring (bicyclic) bond motifs is 2. The van der Waals surface area contributed by atoms with E-state index in [1.807, 2.05) is 31.3 Å². The maximum Gasteiger partial charge on any atom is 0.341 e. The van der Waals surface area contributed by atoms with Gasteiger partial charge in [0.05, 0.1) is 43.0 Å². The van der Waals surface area contributed by atoms with Crippen LogP contribution in [0, 0.1) is 0 Å². The van der Waals surface area contributed by atoms with Gasteiger partial charge < -0.3 is 19.3 Å². The predicted molar refractivity (Wildman–Crippen MR) is 101 cm³/mol. The molecule has 7 nitrogen and oxygen atoms in total. The Morgan fingerprint density at radius 3 is 2.96 bits per heavy atom. The molecule has 1 amide bonds. The minimum absolute atomic E-state index is 0.0398. The molecule has 2 fully saturated rings. The van der Waals surface area contributed by atoms with Crippen molar-refractivity contribution in [3.8, 4) is 0 Å². The number of pyridine rings is 1. The highest BCUT2D eigenvalue weighted by molar-refractivity contribution is 6.05. The molecule has 0 bridgehead atoms. The molecule has 27 heavy (non-hydrogen) atoms. The van der Waals surface area contributed by atoms with Crippen molar-refractivity contribution in [1.82, 2.24) is 9.88 Å². The number of likely N-dealkylation sites (N-methyl/N-ethyl adjacent to an activating group) is 1. The number of rotatable bonds is 3. The monoisotopic (exact) mass is 369 g/mol. The van der Waals surface area contributed by atoms with Crippen LogP contribution in [0.4, 0.5) is 5.69 Å². The van der Waals surface area contributed by atoms with Gasteiger partial charge in [0.15, 0.2) is 0 Å². The number of para-hydroxylation sites is 1. The number of ether oxygens (including phenoxy) is 2. The van der Waals surface area contributed by atoms with Gasteiger partial charge in [0.25, 0.3) is 0 Å². The Morgan fingerprint density at radius 1 is 1.33 bits per heavy atom. The van der Waals surface area contributed by atoms with E-state index >= 15 is 0 Å². The highest BCUT2D eigenvalue weighted by Gasteiger charge is 2.41. The van der Waals surface area contributed by atoms with Gasteiger partial charge in [-0.2, -0.15) is 0 Å². The number of hydrogen-bond donors (Lipinski definition) is 0. The molecule has 0 N–H and O–H groups in total. The minimum Gasteiger partial charge on any atom is -0.462 e. The van der Waals surface area contributed by atoms with Crippen LogP contribution in [0.2, 0.25) is 0 Å². The largest absolute Gasteiger partial charge is 0.462 e. The van der Waals surface area contributed by atoms with Crippen LogP contribution in [0.25, 0.3) is 10.9 Å². The fourth-order valence-corrected chi connectivity index (χ4v) is 3.96. The molecule has 0 spiro atoms. The highest BCUT2D eigenvalue weighted by Crippen LogP contribution is 2.34. The Hall–Kier alpha value is -2.67. The van der Waals surface area contributed by atoms with Crippen molar-refractivity contribution < 1.29 is 19.1 Å². The van der Waals surface area contributed by atoms with Crippen molar-refractivity contribution in [3.05, 3.63) is 36.0 Å². The molecule has 2 saturated heterocycles. The SMILES string of the molecule is CCOC(=O)c1cnc2ccccc2c1N1C[C@@H]2OCCC(=O)N(C)[C@H]2C1. The molecule has 1 aromatic heterocycles.